The summed E-state index contributed by atoms with van der Waals surface area (Å²) < 4.78 is 26.7. The lowest BCUT2D eigenvalue weighted by Crippen LogP contribution is -2.14. The molecule has 3 nitrogen and oxygen atoms in total. The number of H-pyrrole nitrogens is 1. The molecule has 0 radical (unpaired) electrons. The van der Waals surface area contributed by atoms with E-state index in [1.54, 1.807) is 0 Å². The molecule has 1 aromatic heterocycles. The van der Waals surface area contributed by atoms with E-state index in [1.807, 2.05) is 0 Å². The van der Waals surface area contributed by atoms with Crippen LogP contribution in [0.2, 0.25) is 0 Å². The first-order valence-electron chi connectivity index (χ1n) is 5.91. The van der Waals surface area contributed by atoms with Crippen molar-refractivity contribution in [1.29, 1.82) is 0 Å². The third kappa shape index (κ3) is 2.73. The third-order valence-corrected chi connectivity index (χ3v) is 2.59. The van der Waals surface area contributed by atoms with Gasteiger partial charge in [-0.1, -0.05) is 13.0 Å². The summed E-state index contributed by atoms with van der Waals surface area (Å²) in [5.74, 6) is -0.996. The Morgan fingerprint density at radius 2 is 2.17 bits per heavy atom. The molecule has 0 saturated carbocycles. The molecule has 0 aliphatic rings. The molecule has 0 aliphatic heterocycles. The molecule has 0 atom stereocenters. The highest BCUT2D eigenvalue weighted by Crippen LogP contribution is 2.22. The van der Waals surface area contributed by atoms with Crippen molar-refractivity contribution >= 4 is 0 Å². The molecule has 1 heterocycles. The summed E-state index contributed by atoms with van der Waals surface area (Å²) in [6.45, 7) is 3.55. The molecule has 5 heteroatoms. The number of nitrogens with zero attached hydrogens (tertiary/aromatic N) is 1. The minimum Gasteiger partial charge on any atom is -0.341 e. The van der Waals surface area contributed by atoms with Crippen molar-refractivity contribution in [3.8, 4) is 11.3 Å². The summed E-state index contributed by atoms with van der Waals surface area (Å²) in [7, 11) is 0. The molecule has 0 amide bonds. The first-order valence-corrected chi connectivity index (χ1v) is 5.91. The van der Waals surface area contributed by atoms with Gasteiger partial charge in [0.25, 0.3) is 0 Å². The van der Waals surface area contributed by atoms with Crippen LogP contribution in [0.5, 0.6) is 0 Å². The Balaban J connectivity index is 2.16. The number of hydrogen-bond donors (Lipinski definition) is 2. The quantitative estimate of drug-likeness (QED) is 0.802. The van der Waals surface area contributed by atoms with Crippen molar-refractivity contribution in [2.45, 2.75) is 19.9 Å². The van der Waals surface area contributed by atoms with Gasteiger partial charge >= 0.3 is 0 Å². The lowest BCUT2D eigenvalue weighted by atomic mass is 10.1. The first kappa shape index (κ1) is 12.7. The Morgan fingerprint density at radius 3 is 2.94 bits per heavy atom. The van der Waals surface area contributed by atoms with Crippen molar-refractivity contribution in [2.75, 3.05) is 6.54 Å². The number of aromatic amines is 1. The van der Waals surface area contributed by atoms with Crippen LogP contribution >= 0.6 is 0 Å². The Hall–Kier alpha value is -1.75. The van der Waals surface area contributed by atoms with Crippen molar-refractivity contribution in [3.63, 3.8) is 0 Å². The maximum Gasteiger partial charge on any atom is 0.168 e. The highest BCUT2D eigenvalue weighted by molar-refractivity contribution is 5.59. The van der Waals surface area contributed by atoms with Crippen molar-refractivity contribution in [1.82, 2.24) is 15.3 Å². The minimum atomic E-state index is -0.854. The number of imidazole rings is 1. The summed E-state index contributed by atoms with van der Waals surface area (Å²) >= 11 is 0. The van der Waals surface area contributed by atoms with Gasteiger partial charge in [-0.2, -0.15) is 0 Å². The van der Waals surface area contributed by atoms with Crippen molar-refractivity contribution < 1.29 is 8.78 Å². The Kier molecular flexibility index (Phi) is 4.04. The van der Waals surface area contributed by atoms with Crippen LogP contribution in [0.1, 0.15) is 19.2 Å². The summed E-state index contributed by atoms with van der Waals surface area (Å²) in [6.07, 6.45) is 2.55. The Bertz CT molecular complexity index is 523. The maximum atomic E-state index is 13.6. The zero-order valence-electron chi connectivity index (χ0n) is 10.1. The molecule has 96 valence electrons. The van der Waals surface area contributed by atoms with Gasteiger partial charge in [-0.15, -0.1) is 0 Å². The fourth-order valence-electron chi connectivity index (χ4n) is 1.68. The van der Waals surface area contributed by atoms with Gasteiger partial charge in [0.1, 0.15) is 5.82 Å². The molecule has 0 unspecified atom stereocenters. The molecule has 0 bridgehead atoms. The van der Waals surface area contributed by atoms with E-state index in [9.17, 15) is 8.78 Å². The summed E-state index contributed by atoms with van der Waals surface area (Å²) in [5.41, 5.74) is 0.685. The van der Waals surface area contributed by atoms with Crippen LogP contribution in [0.25, 0.3) is 11.3 Å². The van der Waals surface area contributed by atoms with Crippen LogP contribution in [-0.4, -0.2) is 16.5 Å². The fourth-order valence-corrected chi connectivity index (χ4v) is 1.68. The molecular weight excluding hydrogens is 236 g/mol. The predicted molar refractivity (Wildman–Crippen MR) is 65.9 cm³/mol. The maximum absolute atomic E-state index is 13.6. The SMILES string of the molecule is CCCNCc1ncc(-c2cccc(F)c2F)[nH]1. The average molecular weight is 251 g/mol. The summed E-state index contributed by atoms with van der Waals surface area (Å²) in [6, 6.07) is 4.09. The molecule has 2 N–H and O–H groups in total. The molecule has 18 heavy (non-hydrogen) atoms. The Labute approximate surface area is 104 Å². The molecular formula is C13H15F2N3. The molecule has 0 spiro atoms. The topological polar surface area (TPSA) is 40.7 Å². The molecule has 0 fully saturated rings. The monoisotopic (exact) mass is 251 g/mol. The zero-order chi connectivity index (χ0) is 13.0. The molecule has 2 rings (SSSR count). The summed E-state index contributed by atoms with van der Waals surface area (Å²) in [4.78, 5) is 7.10. The van der Waals surface area contributed by atoms with Gasteiger partial charge in [-0.3, -0.25) is 0 Å². The largest absolute Gasteiger partial charge is 0.341 e. The van der Waals surface area contributed by atoms with E-state index >= 15 is 0 Å². The zero-order valence-corrected chi connectivity index (χ0v) is 10.1. The van der Waals surface area contributed by atoms with E-state index in [0.29, 0.717) is 18.1 Å². The number of halogens is 2. The molecule has 1 aromatic carbocycles. The van der Waals surface area contributed by atoms with Gasteiger partial charge < -0.3 is 10.3 Å². The van der Waals surface area contributed by atoms with Crippen LogP contribution in [0.4, 0.5) is 8.78 Å². The minimum absolute atomic E-state index is 0.198. The second-order valence-corrected chi connectivity index (χ2v) is 4.02. The van der Waals surface area contributed by atoms with E-state index in [0.717, 1.165) is 19.0 Å². The Morgan fingerprint density at radius 1 is 1.33 bits per heavy atom. The second kappa shape index (κ2) is 5.73. The second-order valence-electron chi connectivity index (χ2n) is 4.02. The average Bonchev–Trinajstić information content (AvgIpc) is 2.82. The van der Waals surface area contributed by atoms with E-state index in [4.69, 9.17) is 0 Å². The van der Waals surface area contributed by atoms with Crippen LogP contribution < -0.4 is 5.32 Å². The smallest absolute Gasteiger partial charge is 0.168 e. The molecule has 0 saturated heterocycles. The van der Waals surface area contributed by atoms with Gasteiger partial charge in [-0.25, -0.2) is 13.8 Å². The lowest BCUT2D eigenvalue weighted by molar-refractivity contribution is 0.511. The standard InChI is InChI=1S/C13H15F2N3/c1-2-6-16-8-12-17-7-11(18-12)9-4-3-5-10(14)13(9)15/h3-5,7,16H,2,6,8H2,1H3,(H,17,18). The predicted octanol–water partition coefficient (Wildman–Crippen LogP) is 2.85. The number of benzene rings is 1. The number of hydrogen-bond acceptors (Lipinski definition) is 2. The molecule has 2 aromatic rings. The van der Waals surface area contributed by atoms with E-state index in [1.165, 1.54) is 18.3 Å². The summed E-state index contributed by atoms with van der Waals surface area (Å²) in [5, 5.41) is 3.18. The van der Waals surface area contributed by atoms with Gasteiger partial charge in [0.15, 0.2) is 11.6 Å². The first-order chi connectivity index (χ1) is 8.72. The van der Waals surface area contributed by atoms with Crippen LogP contribution in [0, 0.1) is 11.6 Å². The van der Waals surface area contributed by atoms with Crippen LogP contribution in [0.15, 0.2) is 24.4 Å². The highest BCUT2D eigenvalue weighted by Gasteiger charge is 2.11. The lowest BCUT2D eigenvalue weighted by Gasteiger charge is -2.01. The van der Waals surface area contributed by atoms with E-state index in [-0.39, 0.29) is 5.56 Å². The van der Waals surface area contributed by atoms with Crippen molar-refractivity contribution in [3.05, 3.63) is 41.9 Å². The normalized spacial score (nSPS) is 10.8. The van der Waals surface area contributed by atoms with Gasteiger partial charge in [0.05, 0.1) is 18.4 Å². The fraction of sp³-hybridized carbons (Fsp3) is 0.308. The van der Waals surface area contributed by atoms with Gasteiger partial charge in [0, 0.05) is 5.56 Å². The van der Waals surface area contributed by atoms with Crippen LogP contribution in [-0.2, 0) is 6.54 Å². The number of aromatic nitrogens is 2. The van der Waals surface area contributed by atoms with Gasteiger partial charge in [-0.05, 0) is 25.1 Å². The molecule has 0 aliphatic carbocycles. The number of nitrogens with one attached hydrogen (secondary N) is 2. The third-order valence-electron chi connectivity index (χ3n) is 2.59. The van der Waals surface area contributed by atoms with Gasteiger partial charge in [0.2, 0.25) is 0 Å². The van der Waals surface area contributed by atoms with Crippen LogP contribution in [0.3, 0.4) is 0 Å². The highest BCUT2D eigenvalue weighted by atomic mass is 19.2. The van der Waals surface area contributed by atoms with E-state index < -0.39 is 11.6 Å². The van der Waals surface area contributed by atoms with E-state index in [2.05, 4.69) is 22.2 Å². The number of rotatable bonds is 5. The van der Waals surface area contributed by atoms with Crippen molar-refractivity contribution in [2.24, 2.45) is 0 Å².